The van der Waals surface area contributed by atoms with Crippen molar-refractivity contribution in [3.8, 4) is 0 Å². The van der Waals surface area contributed by atoms with Crippen molar-refractivity contribution in [3.63, 3.8) is 0 Å². The van der Waals surface area contributed by atoms with Crippen LogP contribution in [0.5, 0.6) is 0 Å². The van der Waals surface area contributed by atoms with E-state index in [9.17, 15) is 4.79 Å². The maximum Gasteiger partial charge on any atom is 0.414 e. The topological polar surface area (TPSA) is 50.8 Å². The summed E-state index contributed by atoms with van der Waals surface area (Å²) in [6.07, 6.45) is 3.17. The van der Waals surface area contributed by atoms with Gasteiger partial charge in [-0.15, -0.1) is 0 Å². The Labute approximate surface area is 150 Å². The summed E-state index contributed by atoms with van der Waals surface area (Å²) in [5.41, 5.74) is 2.89. The van der Waals surface area contributed by atoms with Crippen molar-refractivity contribution in [2.45, 2.75) is 71.2 Å². The molecule has 2 heterocycles. The monoisotopic (exact) mass is 346 g/mol. The van der Waals surface area contributed by atoms with Gasteiger partial charge in [0.15, 0.2) is 0 Å². The van der Waals surface area contributed by atoms with Crippen LogP contribution in [0.25, 0.3) is 0 Å². The van der Waals surface area contributed by atoms with Crippen molar-refractivity contribution in [1.82, 2.24) is 5.32 Å². The van der Waals surface area contributed by atoms with Gasteiger partial charge < -0.3 is 14.8 Å². The molecule has 1 fully saturated rings. The van der Waals surface area contributed by atoms with Gasteiger partial charge in [0.1, 0.15) is 5.60 Å². The van der Waals surface area contributed by atoms with E-state index < -0.39 is 5.60 Å². The molecule has 5 nitrogen and oxygen atoms in total. The molecule has 0 radical (unpaired) electrons. The molecular weight excluding hydrogens is 316 g/mol. The molecule has 0 aromatic heterocycles. The summed E-state index contributed by atoms with van der Waals surface area (Å²) in [7, 11) is 0. The molecule has 0 aliphatic carbocycles. The average Bonchev–Trinajstić information content (AvgIpc) is 3.20. The lowest BCUT2D eigenvalue weighted by atomic mass is 10.1. The zero-order valence-corrected chi connectivity index (χ0v) is 15.8. The third-order valence-corrected chi connectivity index (χ3v) is 4.83. The Morgan fingerprint density at radius 2 is 2.24 bits per heavy atom. The fourth-order valence-corrected chi connectivity index (χ4v) is 3.58. The minimum atomic E-state index is -0.485. The Kier molecular flexibility index (Phi) is 5.35. The summed E-state index contributed by atoms with van der Waals surface area (Å²) in [5.74, 6) is 0. The minimum Gasteiger partial charge on any atom is -0.443 e. The van der Waals surface area contributed by atoms with Crippen LogP contribution in [0.3, 0.4) is 0 Å². The lowest BCUT2D eigenvalue weighted by molar-refractivity contribution is 0.0583. The standard InChI is InChI=1S/C20H30N2O3/c1-14(17-9-6-12-24-17)21-13-16-8-5-7-15-10-11-22(18(15)16)19(23)25-20(2,3)4/h5,7-8,14,17,21H,6,9-13H2,1-4H3. The fraction of sp³-hybridized carbons (Fsp3) is 0.650. The molecule has 2 aliphatic rings. The number of carbonyl (C=O) groups is 1. The van der Waals surface area contributed by atoms with Crippen molar-refractivity contribution >= 4 is 11.8 Å². The van der Waals surface area contributed by atoms with E-state index in [4.69, 9.17) is 9.47 Å². The van der Waals surface area contributed by atoms with Gasteiger partial charge in [-0.1, -0.05) is 18.2 Å². The largest absolute Gasteiger partial charge is 0.443 e. The summed E-state index contributed by atoms with van der Waals surface area (Å²) in [6.45, 7) is 10.1. The molecule has 3 rings (SSSR count). The predicted molar refractivity (Wildman–Crippen MR) is 99.0 cm³/mol. The number of nitrogens with zero attached hydrogens (tertiary/aromatic N) is 1. The van der Waals surface area contributed by atoms with Crippen molar-refractivity contribution in [3.05, 3.63) is 29.3 Å². The third kappa shape index (κ3) is 4.33. The second-order valence-electron chi connectivity index (χ2n) is 8.03. The molecule has 2 atom stereocenters. The van der Waals surface area contributed by atoms with Crippen molar-refractivity contribution in [2.24, 2.45) is 0 Å². The van der Waals surface area contributed by atoms with E-state index in [1.807, 2.05) is 20.8 Å². The van der Waals surface area contributed by atoms with Crippen LogP contribution in [0.2, 0.25) is 0 Å². The highest BCUT2D eigenvalue weighted by atomic mass is 16.6. The quantitative estimate of drug-likeness (QED) is 0.904. The Balaban J connectivity index is 1.71. The van der Waals surface area contributed by atoms with Crippen LogP contribution in [0.4, 0.5) is 10.5 Å². The molecule has 1 amide bonds. The fourth-order valence-electron chi connectivity index (χ4n) is 3.58. The van der Waals surface area contributed by atoms with Crippen LogP contribution in [0.15, 0.2) is 18.2 Å². The molecular formula is C20H30N2O3. The lowest BCUT2D eigenvalue weighted by Gasteiger charge is -2.26. The van der Waals surface area contributed by atoms with E-state index in [2.05, 4.69) is 30.4 Å². The van der Waals surface area contributed by atoms with Crippen LogP contribution in [-0.2, 0) is 22.4 Å². The van der Waals surface area contributed by atoms with Crippen molar-refractivity contribution in [1.29, 1.82) is 0 Å². The van der Waals surface area contributed by atoms with Gasteiger partial charge in [-0.05, 0) is 58.1 Å². The number of carbonyl (C=O) groups excluding carboxylic acids is 1. The van der Waals surface area contributed by atoms with Gasteiger partial charge in [0.2, 0.25) is 0 Å². The molecule has 1 aromatic rings. The third-order valence-electron chi connectivity index (χ3n) is 4.83. The summed E-state index contributed by atoms with van der Waals surface area (Å²) in [6, 6.07) is 6.57. The Morgan fingerprint density at radius 3 is 2.92 bits per heavy atom. The zero-order valence-electron chi connectivity index (χ0n) is 15.8. The van der Waals surface area contributed by atoms with Gasteiger partial charge in [-0.3, -0.25) is 4.90 Å². The second-order valence-corrected chi connectivity index (χ2v) is 8.03. The second kappa shape index (κ2) is 7.34. The molecule has 2 unspecified atom stereocenters. The number of amides is 1. The normalized spacial score (nSPS) is 21.3. The molecule has 1 N–H and O–H groups in total. The van der Waals surface area contributed by atoms with Gasteiger partial charge >= 0.3 is 6.09 Å². The van der Waals surface area contributed by atoms with E-state index in [1.165, 1.54) is 5.56 Å². The Bertz CT molecular complexity index is 618. The summed E-state index contributed by atoms with van der Waals surface area (Å²) in [5, 5.41) is 3.57. The van der Waals surface area contributed by atoms with Crippen LogP contribution >= 0.6 is 0 Å². The molecule has 5 heteroatoms. The van der Waals surface area contributed by atoms with E-state index >= 15 is 0 Å². The number of ether oxygens (including phenoxy) is 2. The molecule has 1 aromatic carbocycles. The van der Waals surface area contributed by atoms with Crippen LogP contribution < -0.4 is 10.2 Å². The molecule has 0 bridgehead atoms. The van der Waals surface area contributed by atoms with Crippen LogP contribution in [0.1, 0.15) is 51.7 Å². The number of para-hydroxylation sites is 1. The summed E-state index contributed by atoms with van der Waals surface area (Å²) >= 11 is 0. The first-order valence-electron chi connectivity index (χ1n) is 9.31. The van der Waals surface area contributed by atoms with Crippen molar-refractivity contribution < 1.29 is 14.3 Å². The number of rotatable bonds is 4. The predicted octanol–water partition coefficient (Wildman–Crippen LogP) is 3.64. The van der Waals surface area contributed by atoms with E-state index in [1.54, 1.807) is 4.90 Å². The Hall–Kier alpha value is -1.59. The number of benzene rings is 1. The molecule has 138 valence electrons. The first-order valence-corrected chi connectivity index (χ1v) is 9.31. The minimum absolute atomic E-state index is 0.258. The maximum absolute atomic E-state index is 12.6. The van der Waals surface area contributed by atoms with Gasteiger partial charge in [0.25, 0.3) is 0 Å². The highest BCUT2D eigenvalue weighted by Crippen LogP contribution is 2.33. The number of hydrogen-bond acceptors (Lipinski definition) is 4. The first-order chi connectivity index (χ1) is 11.8. The maximum atomic E-state index is 12.6. The van der Waals surface area contributed by atoms with E-state index in [-0.39, 0.29) is 6.09 Å². The molecule has 1 saturated heterocycles. The Morgan fingerprint density at radius 1 is 1.44 bits per heavy atom. The molecule has 25 heavy (non-hydrogen) atoms. The highest BCUT2D eigenvalue weighted by Gasteiger charge is 2.31. The number of anilines is 1. The van der Waals surface area contributed by atoms with Gasteiger partial charge in [-0.25, -0.2) is 4.79 Å². The lowest BCUT2D eigenvalue weighted by Crippen LogP contribution is -2.38. The SMILES string of the molecule is CC(NCc1cccc2c1N(C(=O)OC(C)(C)C)CC2)C1CCCO1. The first kappa shape index (κ1) is 18.2. The van der Waals surface area contributed by atoms with Crippen molar-refractivity contribution in [2.75, 3.05) is 18.1 Å². The van der Waals surface area contributed by atoms with Gasteiger partial charge in [0.05, 0.1) is 11.8 Å². The number of nitrogens with one attached hydrogen (secondary N) is 1. The van der Waals surface area contributed by atoms with Crippen LogP contribution in [-0.4, -0.2) is 37.0 Å². The molecule has 0 spiro atoms. The molecule has 2 aliphatic heterocycles. The average molecular weight is 346 g/mol. The number of hydrogen-bond donors (Lipinski definition) is 1. The van der Waals surface area contributed by atoms with Crippen LogP contribution in [0, 0.1) is 0 Å². The highest BCUT2D eigenvalue weighted by molar-refractivity contribution is 5.91. The smallest absolute Gasteiger partial charge is 0.414 e. The van der Waals surface area contributed by atoms with E-state index in [0.717, 1.165) is 43.7 Å². The summed E-state index contributed by atoms with van der Waals surface area (Å²) in [4.78, 5) is 14.4. The van der Waals surface area contributed by atoms with Gasteiger partial charge in [-0.2, -0.15) is 0 Å². The molecule has 0 saturated carbocycles. The number of fused-ring (bicyclic) bond motifs is 1. The van der Waals surface area contributed by atoms with Gasteiger partial charge in [0, 0.05) is 25.7 Å². The summed E-state index contributed by atoms with van der Waals surface area (Å²) < 4.78 is 11.3. The zero-order chi connectivity index (χ0) is 18.0. The van der Waals surface area contributed by atoms with E-state index in [0.29, 0.717) is 18.7 Å².